The molecule has 1 amide bonds. The Morgan fingerprint density at radius 2 is 2.05 bits per heavy atom. The van der Waals surface area contributed by atoms with Gasteiger partial charge >= 0.3 is 0 Å². The van der Waals surface area contributed by atoms with E-state index in [1.165, 1.54) is 11.1 Å². The molecule has 3 N–H and O–H groups in total. The second-order valence-corrected chi connectivity index (χ2v) is 6.44. The third-order valence-corrected chi connectivity index (χ3v) is 5.41. The van der Waals surface area contributed by atoms with Crippen LogP contribution in [0.5, 0.6) is 0 Å². The van der Waals surface area contributed by atoms with Crippen LogP contribution in [0.4, 0.5) is 0 Å². The van der Waals surface area contributed by atoms with Gasteiger partial charge in [0.2, 0.25) is 5.91 Å². The minimum atomic E-state index is -0.480. The van der Waals surface area contributed by atoms with Gasteiger partial charge in [-0.25, -0.2) is 0 Å². The van der Waals surface area contributed by atoms with Crippen molar-refractivity contribution in [1.29, 1.82) is 0 Å². The zero-order valence-electron chi connectivity index (χ0n) is 12.8. The van der Waals surface area contributed by atoms with Crippen molar-refractivity contribution < 1.29 is 4.79 Å². The van der Waals surface area contributed by atoms with E-state index in [-0.39, 0.29) is 5.91 Å². The molecule has 0 aromatic heterocycles. The molecule has 2 aliphatic rings. The summed E-state index contributed by atoms with van der Waals surface area (Å²) in [4.78, 5) is 14.4. The van der Waals surface area contributed by atoms with E-state index in [0.717, 1.165) is 45.3 Å². The van der Waals surface area contributed by atoms with Gasteiger partial charge in [-0.05, 0) is 49.9 Å². The summed E-state index contributed by atoms with van der Waals surface area (Å²) in [6.07, 6.45) is 4.11. The van der Waals surface area contributed by atoms with Gasteiger partial charge in [0.15, 0.2) is 0 Å². The molecule has 1 aromatic rings. The van der Waals surface area contributed by atoms with E-state index in [0.29, 0.717) is 5.92 Å². The number of likely N-dealkylation sites (N-methyl/N-ethyl adjacent to an activating group) is 1. The summed E-state index contributed by atoms with van der Waals surface area (Å²) in [6, 6.07) is 8.65. The lowest BCUT2D eigenvalue weighted by atomic mass is 9.84. The van der Waals surface area contributed by atoms with Gasteiger partial charge in [-0.15, -0.1) is 0 Å². The fraction of sp³-hybridized carbons (Fsp3) is 0.588. The second kappa shape index (κ2) is 5.78. The first kappa shape index (κ1) is 14.5. The highest BCUT2D eigenvalue weighted by molar-refractivity contribution is 5.85. The van der Waals surface area contributed by atoms with E-state index in [2.05, 4.69) is 34.5 Å². The highest BCUT2D eigenvalue weighted by Gasteiger charge is 2.46. The molecule has 4 nitrogen and oxygen atoms in total. The minimum absolute atomic E-state index is 0.183. The Kier molecular flexibility index (Phi) is 4.00. The maximum absolute atomic E-state index is 11.9. The van der Waals surface area contributed by atoms with Crippen LogP contribution < -0.4 is 11.1 Å². The molecule has 3 rings (SSSR count). The van der Waals surface area contributed by atoms with Crippen molar-refractivity contribution in [2.24, 2.45) is 11.7 Å². The van der Waals surface area contributed by atoms with Gasteiger partial charge in [0.25, 0.3) is 0 Å². The average Bonchev–Trinajstić information content (AvgIpc) is 3.08. The number of primary amides is 1. The molecule has 21 heavy (non-hydrogen) atoms. The predicted octanol–water partition coefficient (Wildman–Crippen LogP) is 1.64. The number of nitrogens with zero attached hydrogens (tertiary/aromatic N) is 1. The summed E-state index contributed by atoms with van der Waals surface area (Å²) in [5.74, 6) is 0.181. The zero-order chi connectivity index (χ0) is 14.9. The van der Waals surface area contributed by atoms with E-state index in [1.807, 2.05) is 7.05 Å². The minimum Gasteiger partial charge on any atom is -0.368 e. The molecule has 4 heteroatoms. The Morgan fingerprint density at radius 1 is 1.38 bits per heavy atom. The molecule has 1 heterocycles. The number of hydrogen-bond acceptors (Lipinski definition) is 3. The summed E-state index contributed by atoms with van der Waals surface area (Å²) >= 11 is 0. The molecule has 1 saturated carbocycles. The molecule has 2 atom stereocenters. The number of rotatable bonds is 5. The lowest BCUT2D eigenvalue weighted by molar-refractivity contribution is -0.125. The molecule has 114 valence electrons. The Morgan fingerprint density at radius 3 is 2.62 bits per heavy atom. The van der Waals surface area contributed by atoms with Crippen LogP contribution in [0.3, 0.4) is 0 Å². The summed E-state index contributed by atoms with van der Waals surface area (Å²) in [7, 11) is 1.87. The number of nitrogens with two attached hydrogens (primary N) is 1. The van der Waals surface area contributed by atoms with Crippen LogP contribution in [0.25, 0.3) is 0 Å². The van der Waals surface area contributed by atoms with Crippen LogP contribution in [0, 0.1) is 5.92 Å². The third-order valence-electron chi connectivity index (χ3n) is 5.41. The van der Waals surface area contributed by atoms with Crippen molar-refractivity contribution in [2.45, 2.75) is 44.3 Å². The maximum Gasteiger partial charge on any atom is 0.238 e. The van der Waals surface area contributed by atoms with E-state index < -0.39 is 5.54 Å². The van der Waals surface area contributed by atoms with Crippen molar-refractivity contribution >= 4 is 5.91 Å². The van der Waals surface area contributed by atoms with Gasteiger partial charge in [0.05, 0.1) is 0 Å². The number of carbonyl (C=O) groups is 1. The third kappa shape index (κ3) is 2.58. The highest BCUT2D eigenvalue weighted by atomic mass is 16.1. The first-order chi connectivity index (χ1) is 10.2. The van der Waals surface area contributed by atoms with Gasteiger partial charge in [0, 0.05) is 13.1 Å². The van der Waals surface area contributed by atoms with Crippen molar-refractivity contribution in [3.05, 3.63) is 35.4 Å². The molecule has 2 unspecified atom stereocenters. The van der Waals surface area contributed by atoms with Gasteiger partial charge in [-0.3, -0.25) is 9.69 Å². The Balaban J connectivity index is 1.60. The Labute approximate surface area is 126 Å². The molecule has 1 aliphatic carbocycles. The molecule has 0 radical (unpaired) electrons. The molecule has 1 aliphatic heterocycles. The quantitative estimate of drug-likeness (QED) is 0.865. The van der Waals surface area contributed by atoms with Crippen LogP contribution in [-0.2, 0) is 17.9 Å². The number of benzene rings is 1. The summed E-state index contributed by atoms with van der Waals surface area (Å²) in [5.41, 5.74) is 8.08. The van der Waals surface area contributed by atoms with Crippen LogP contribution in [0.1, 0.15) is 36.8 Å². The van der Waals surface area contributed by atoms with E-state index in [4.69, 9.17) is 5.73 Å². The number of fused-ring (bicyclic) bond motifs is 1. The fourth-order valence-corrected chi connectivity index (χ4v) is 4.15. The molecular formula is C17H25N3O. The standard InChI is InChI=1S/C17H25N3O/c1-19-17(16(18)21)9-4-7-15(17)8-10-20-11-13-5-2-3-6-14(13)12-20/h2-3,5-6,15,19H,4,7-12H2,1H3,(H2,18,21). The van der Waals surface area contributed by atoms with Gasteiger partial charge < -0.3 is 11.1 Å². The van der Waals surface area contributed by atoms with Crippen molar-refractivity contribution in [3.63, 3.8) is 0 Å². The molecule has 1 fully saturated rings. The van der Waals surface area contributed by atoms with Crippen molar-refractivity contribution in [2.75, 3.05) is 13.6 Å². The lowest BCUT2D eigenvalue weighted by Gasteiger charge is -2.33. The smallest absolute Gasteiger partial charge is 0.238 e. The van der Waals surface area contributed by atoms with Gasteiger partial charge in [0.1, 0.15) is 5.54 Å². The molecule has 1 aromatic carbocycles. The van der Waals surface area contributed by atoms with E-state index in [9.17, 15) is 4.79 Å². The summed E-state index contributed by atoms with van der Waals surface area (Å²) < 4.78 is 0. The summed E-state index contributed by atoms with van der Waals surface area (Å²) in [6.45, 7) is 3.11. The van der Waals surface area contributed by atoms with Gasteiger partial charge in [-0.1, -0.05) is 30.7 Å². The topological polar surface area (TPSA) is 58.4 Å². The molecule has 0 bridgehead atoms. The SMILES string of the molecule is CNC1(C(N)=O)CCCC1CCN1Cc2ccccc2C1. The predicted molar refractivity (Wildman–Crippen MR) is 83.5 cm³/mol. The fourth-order valence-electron chi connectivity index (χ4n) is 4.15. The van der Waals surface area contributed by atoms with Crippen molar-refractivity contribution in [1.82, 2.24) is 10.2 Å². The number of hydrogen-bond donors (Lipinski definition) is 2. The number of nitrogens with one attached hydrogen (secondary N) is 1. The first-order valence-electron chi connectivity index (χ1n) is 7.93. The van der Waals surface area contributed by atoms with E-state index >= 15 is 0 Å². The zero-order valence-corrected chi connectivity index (χ0v) is 12.8. The van der Waals surface area contributed by atoms with Crippen LogP contribution in [0.15, 0.2) is 24.3 Å². The first-order valence-corrected chi connectivity index (χ1v) is 7.93. The second-order valence-electron chi connectivity index (χ2n) is 6.44. The van der Waals surface area contributed by atoms with Crippen LogP contribution in [-0.4, -0.2) is 29.9 Å². The average molecular weight is 287 g/mol. The molecule has 0 saturated heterocycles. The van der Waals surface area contributed by atoms with Crippen LogP contribution >= 0.6 is 0 Å². The van der Waals surface area contributed by atoms with E-state index in [1.54, 1.807) is 0 Å². The Hall–Kier alpha value is -1.39. The normalized spacial score (nSPS) is 28.7. The van der Waals surface area contributed by atoms with Crippen LogP contribution in [0.2, 0.25) is 0 Å². The molecule has 0 spiro atoms. The monoisotopic (exact) mass is 287 g/mol. The lowest BCUT2D eigenvalue weighted by Crippen LogP contribution is -2.56. The molecular weight excluding hydrogens is 262 g/mol. The summed E-state index contributed by atoms with van der Waals surface area (Å²) in [5, 5.41) is 3.23. The highest BCUT2D eigenvalue weighted by Crippen LogP contribution is 2.38. The number of carbonyl (C=O) groups excluding carboxylic acids is 1. The maximum atomic E-state index is 11.9. The van der Waals surface area contributed by atoms with Crippen molar-refractivity contribution in [3.8, 4) is 0 Å². The van der Waals surface area contributed by atoms with Gasteiger partial charge in [-0.2, -0.15) is 0 Å². The number of amides is 1. The largest absolute Gasteiger partial charge is 0.368 e. The Bertz CT molecular complexity index is 506.